The number of rotatable bonds is 2. The molecule has 1 unspecified atom stereocenters. The minimum absolute atomic E-state index is 0.758. The lowest BCUT2D eigenvalue weighted by Gasteiger charge is -2.19. The second-order valence-electron chi connectivity index (χ2n) is 3.50. The van der Waals surface area contributed by atoms with Crippen molar-refractivity contribution in [1.82, 2.24) is 5.32 Å². The van der Waals surface area contributed by atoms with Gasteiger partial charge in [-0.3, -0.25) is 0 Å². The summed E-state index contributed by atoms with van der Waals surface area (Å²) in [6.45, 7) is 6.59. The molecule has 1 heteroatoms. The molecule has 0 aromatic heterocycles. The molecule has 0 radical (unpaired) electrons. The van der Waals surface area contributed by atoms with E-state index in [0.717, 1.165) is 12.5 Å². The standard InChI is InChI=1S/C11H19N/c1-3-10(2)6-7-11-5-4-8-12-9-11/h3,6-7,11-12H,4-5,8-9H2,1-2H3/b7-6+,10-3+. The van der Waals surface area contributed by atoms with E-state index in [2.05, 4.69) is 37.4 Å². The maximum absolute atomic E-state index is 3.41. The number of hydrogen-bond donors (Lipinski definition) is 1. The van der Waals surface area contributed by atoms with E-state index in [0.29, 0.717) is 0 Å². The predicted octanol–water partition coefficient (Wildman–Crippen LogP) is 2.51. The van der Waals surface area contributed by atoms with Crippen molar-refractivity contribution in [2.45, 2.75) is 26.7 Å². The Kier molecular flexibility index (Phi) is 4.09. The highest BCUT2D eigenvalue weighted by Gasteiger charge is 2.08. The van der Waals surface area contributed by atoms with Crippen molar-refractivity contribution in [3.63, 3.8) is 0 Å². The molecule has 0 saturated carbocycles. The Bertz CT molecular complexity index is 173. The van der Waals surface area contributed by atoms with Gasteiger partial charge in [-0.15, -0.1) is 0 Å². The summed E-state index contributed by atoms with van der Waals surface area (Å²) >= 11 is 0. The van der Waals surface area contributed by atoms with Crippen molar-refractivity contribution in [3.05, 3.63) is 23.8 Å². The Labute approximate surface area is 75.6 Å². The van der Waals surface area contributed by atoms with Gasteiger partial charge in [0, 0.05) is 6.54 Å². The first-order valence-corrected chi connectivity index (χ1v) is 4.84. The zero-order valence-electron chi connectivity index (χ0n) is 8.14. The van der Waals surface area contributed by atoms with Crippen LogP contribution in [0.15, 0.2) is 23.8 Å². The van der Waals surface area contributed by atoms with Gasteiger partial charge in [0.05, 0.1) is 0 Å². The van der Waals surface area contributed by atoms with Crippen molar-refractivity contribution < 1.29 is 0 Å². The molecule has 0 spiro atoms. The molecule has 12 heavy (non-hydrogen) atoms. The van der Waals surface area contributed by atoms with Crippen LogP contribution in [0.3, 0.4) is 0 Å². The van der Waals surface area contributed by atoms with Crippen LogP contribution in [-0.2, 0) is 0 Å². The van der Waals surface area contributed by atoms with Crippen LogP contribution < -0.4 is 5.32 Å². The fraction of sp³-hybridized carbons (Fsp3) is 0.636. The van der Waals surface area contributed by atoms with Gasteiger partial charge in [0.1, 0.15) is 0 Å². The van der Waals surface area contributed by atoms with Crippen molar-refractivity contribution in [1.29, 1.82) is 0 Å². The van der Waals surface area contributed by atoms with Gasteiger partial charge in [-0.2, -0.15) is 0 Å². The highest BCUT2D eigenvalue weighted by atomic mass is 14.9. The molecule has 0 aromatic carbocycles. The van der Waals surface area contributed by atoms with Crippen LogP contribution in [0.2, 0.25) is 0 Å². The number of allylic oxidation sites excluding steroid dienone is 3. The van der Waals surface area contributed by atoms with Gasteiger partial charge in [0.2, 0.25) is 0 Å². The van der Waals surface area contributed by atoms with Crippen LogP contribution in [0.1, 0.15) is 26.7 Å². The minimum Gasteiger partial charge on any atom is -0.316 e. The van der Waals surface area contributed by atoms with Crippen LogP contribution >= 0.6 is 0 Å². The first-order chi connectivity index (χ1) is 5.83. The van der Waals surface area contributed by atoms with Gasteiger partial charge < -0.3 is 5.32 Å². The Hall–Kier alpha value is -0.560. The molecule has 1 saturated heterocycles. The summed E-state index contributed by atoms with van der Waals surface area (Å²) in [5.41, 5.74) is 1.36. The van der Waals surface area contributed by atoms with Crippen molar-refractivity contribution in [2.24, 2.45) is 5.92 Å². The van der Waals surface area contributed by atoms with E-state index in [-0.39, 0.29) is 0 Å². The number of piperidine rings is 1. The molecule has 1 heterocycles. The molecule has 1 nitrogen and oxygen atoms in total. The third-order valence-electron chi connectivity index (χ3n) is 2.42. The predicted molar refractivity (Wildman–Crippen MR) is 54.2 cm³/mol. The van der Waals surface area contributed by atoms with Gasteiger partial charge in [-0.05, 0) is 39.2 Å². The number of hydrogen-bond acceptors (Lipinski definition) is 1. The van der Waals surface area contributed by atoms with E-state index >= 15 is 0 Å². The molecule has 1 atom stereocenters. The van der Waals surface area contributed by atoms with Gasteiger partial charge in [-0.1, -0.05) is 23.8 Å². The molecule has 0 bridgehead atoms. The lowest BCUT2D eigenvalue weighted by Crippen LogP contribution is -2.28. The summed E-state index contributed by atoms with van der Waals surface area (Å²) in [7, 11) is 0. The van der Waals surface area contributed by atoms with E-state index in [4.69, 9.17) is 0 Å². The Balaban J connectivity index is 2.33. The summed E-state index contributed by atoms with van der Waals surface area (Å²) in [6.07, 6.45) is 9.39. The maximum Gasteiger partial charge on any atom is 0.00143 e. The normalized spacial score (nSPS) is 26.5. The first-order valence-electron chi connectivity index (χ1n) is 4.84. The highest BCUT2D eigenvalue weighted by molar-refractivity contribution is 5.15. The van der Waals surface area contributed by atoms with Gasteiger partial charge >= 0.3 is 0 Å². The second-order valence-corrected chi connectivity index (χ2v) is 3.50. The van der Waals surface area contributed by atoms with Crippen LogP contribution in [0.25, 0.3) is 0 Å². The van der Waals surface area contributed by atoms with Gasteiger partial charge in [0.25, 0.3) is 0 Å². The third kappa shape index (κ3) is 3.22. The molecule has 68 valence electrons. The topological polar surface area (TPSA) is 12.0 Å². The highest BCUT2D eigenvalue weighted by Crippen LogP contribution is 2.12. The third-order valence-corrected chi connectivity index (χ3v) is 2.42. The Morgan fingerprint density at radius 1 is 1.50 bits per heavy atom. The molecule has 1 N–H and O–H groups in total. The lowest BCUT2D eigenvalue weighted by molar-refractivity contribution is 0.438. The van der Waals surface area contributed by atoms with Crippen LogP contribution in [-0.4, -0.2) is 13.1 Å². The summed E-state index contributed by atoms with van der Waals surface area (Å²) in [4.78, 5) is 0. The Morgan fingerprint density at radius 2 is 2.33 bits per heavy atom. The van der Waals surface area contributed by atoms with Crippen molar-refractivity contribution in [2.75, 3.05) is 13.1 Å². The molecule has 1 rings (SSSR count). The quantitative estimate of drug-likeness (QED) is 0.620. The SMILES string of the molecule is C/C=C(C)/C=C/C1CCCNC1. The van der Waals surface area contributed by atoms with Crippen LogP contribution in [0.5, 0.6) is 0 Å². The molecule has 0 aromatic rings. The van der Waals surface area contributed by atoms with E-state index in [1.165, 1.54) is 25.0 Å². The molecule has 0 aliphatic carbocycles. The molecule has 1 fully saturated rings. The van der Waals surface area contributed by atoms with E-state index < -0.39 is 0 Å². The zero-order valence-corrected chi connectivity index (χ0v) is 8.14. The summed E-state index contributed by atoms with van der Waals surface area (Å²) < 4.78 is 0. The average molecular weight is 165 g/mol. The summed E-state index contributed by atoms with van der Waals surface area (Å²) in [5.74, 6) is 0.758. The maximum atomic E-state index is 3.41. The lowest BCUT2D eigenvalue weighted by atomic mass is 9.98. The number of nitrogens with one attached hydrogen (secondary N) is 1. The van der Waals surface area contributed by atoms with E-state index in [9.17, 15) is 0 Å². The molecular weight excluding hydrogens is 146 g/mol. The van der Waals surface area contributed by atoms with E-state index in [1.807, 2.05) is 0 Å². The molecule has 0 amide bonds. The van der Waals surface area contributed by atoms with Crippen LogP contribution in [0.4, 0.5) is 0 Å². The van der Waals surface area contributed by atoms with Gasteiger partial charge in [0.15, 0.2) is 0 Å². The van der Waals surface area contributed by atoms with Crippen LogP contribution in [0, 0.1) is 5.92 Å². The fourth-order valence-corrected chi connectivity index (χ4v) is 1.43. The molecule has 1 aliphatic rings. The molecular formula is C11H19N. The fourth-order valence-electron chi connectivity index (χ4n) is 1.43. The largest absolute Gasteiger partial charge is 0.316 e. The van der Waals surface area contributed by atoms with Crippen molar-refractivity contribution >= 4 is 0 Å². The van der Waals surface area contributed by atoms with Gasteiger partial charge in [-0.25, -0.2) is 0 Å². The first kappa shape index (κ1) is 9.53. The minimum atomic E-state index is 0.758. The summed E-state index contributed by atoms with van der Waals surface area (Å²) in [5, 5.41) is 3.41. The molecule has 1 aliphatic heterocycles. The smallest absolute Gasteiger partial charge is 0.00143 e. The monoisotopic (exact) mass is 165 g/mol. The average Bonchev–Trinajstić information content (AvgIpc) is 2.16. The van der Waals surface area contributed by atoms with Crippen molar-refractivity contribution in [3.8, 4) is 0 Å². The zero-order chi connectivity index (χ0) is 8.81. The van der Waals surface area contributed by atoms with E-state index in [1.54, 1.807) is 0 Å². The second kappa shape index (κ2) is 5.15. The Morgan fingerprint density at radius 3 is 2.92 bits per heavy atom. The summed E-state index contributed by atoms with van der Waals surface area (Å²) in [6, 6.07) is 0.